The molecule has 0 bridgehead atoms. The molecule has 4 rings (SSSR count). The van der Waals surface area contributed by atoms with Crippen LogP contribution in [0.5, 0.6) is 11.5 Å². The van der Waals surface area contributed by atoms with Gasteiger partial charge in [-0.15, -0.1) is 0 Å². The van der Waals surface area contributed by atoms with Crippen molar-refractivity contribution in [3.63, 3.8) is 0 Å². The van der Waals surface area contributed by atoms with E-state index in [2.05, 4.69) is 40.1 Å². The largest absolute Gasteiger partial charge is 0.493 e. The molecule has 6 heteroatoms. The minimum atomic E-state index is 0.0925. The Morgan fingerprint density at radius 3 is 2.28 bits per heavy atom. The van der Waals surface area contributed by atoms with Crippen molar-refractivity contribution in [2.75, 3.05) is 58.4 Å². The highest BCUT2D eigenvalue weighted by Gasteiger charge is 2.29. The van der Waals surface area contributed by atoms with Crippen LogP contribution < -0.4 is 14.4 Å². The zero-order valence-corrected chi connectivity index (χ0v) is 17.3. The molecule has 1 fully saturated rings. The summed E-state index contributed by atoms with van der Waals surface area (Å²) in [5.74, 6) is 1.38. The number of amides is 1. The van der Waals surface area contributed by atoms with Gasteiger partial charge in [0.05, 0.1) is 14.2 Å². The number of anilines is 1. The predicted octanol–water partition coefficient (Wildman–Crippen LogP) is 2.87. The zero-order chi connectivity index (χ0) is 20.2. The highest BCUT2D eigenvalue weighted by molar-refractivity contribution is 5.99. The summed E-state index contributed by atoms with van der Waals surface area (Å²) in [4.78, 5) is 19.6. The van der Waals surface area contributed by atoms with E-state index < -0.39 is 0 Å². The van der Waals surface area contributed by atoms with Crippen LogP contribution in [0.3, 0.4) is 0 Å². The van der Waals surface area contributed by atoms with E-state index in [1.165, 1.54) is 5.69 Å². The number of piperazine rings is 1. The van der Waals surface area contributed by atoms with E-state index in [1.807, 2.05) is 11.0 Å². The maximum atomic E-state index is 12.8. The molecule has 29 heavy (non-hydrogen) atoms. The molecule has 2 aliphatic heterocycles. The molecule has 0 aromatic heterocycles. The third-order valence-corrected chi connectivity index (χ3v) is 5.88. The van der Waals surface area contributed by atoms with Gasteiger partial charge in [-0.2, -0.15) is 0 Å². The number of methoxy groups -OCH3 is 2. The number of fused-ring (bicyclic) bond motifs is 1. The first-order chi connectivity index (χ1) is 14.2. The standard InChI is InChI=1S/C23H29N3O3/c1-28-21-15-18-17-26(23(27)20(18)16-22(21)29-2)10-6-9-24-11-13-25(14-12-24)19-7-4-3-5-8-19/h3-5,7-8,15-16H,6,9-14,17H2,1-2H3. The van der Waals surface area contributed by atoms with Crippen molar-refractivity contribution in [1.29, 1.82) is 0 Å². The highest BCUT2D eigenvalue weighted by atomic mass is 16.5. The molecule has 0 aliphatic carbocycles. The van der Waals surface area contributed by atoms with Crippen molar-refractivity contribution < 1.29 is 14.3 Å². The van der Waals surface area contributed by atoms with Crippen LogP contribution in [0.4, 0.5) is 5.69 Å². The molecule has 1 saturated heterocycles. The van der Waals surface area contributed by atoms with E-state index in [1.54, 1.807) is 20.3 Å². The minimum absolute atomic E-state index is 0.0925. The summed E-state index contributed by atoms with van der Waals surface area (Å²) in [5.41, 5.74) is 3.06. The number of benzene rings is 2. The third kappa shape index (κ3) is 4.17. The van der Waals surface area contributed by atoms with Crippen LogP contribution in [0.15, 0.2) is 42.5 Å². The molecular weight excluding hydrogens is 366 g/mol. The van der Waals surface area contributed by atoms with Crippen LogP contribution in [0.1, 0.15) is 22.3 Å². The van der Waals surface area contributed by atoms with Gasteiger partial charge >= 0.3 is 0 Å². The number of ether oxygens (including phenoxy) is 2. The Bertz CT molecular complexity index is 848. The van der Waals surface area contributed by atoms with Gasteiger partial charge in [-0.1, -0.05) is 18.2 Å². The molecule has 0 N–H and O–H groups in total. The third-order valence-electron chi connectivity index (χ3n) is 5.88. The van der Waals surface area contributed by atoms with Gasteiger partial charge in [0, 0.05) is 50.5 Å². The van der Waals surface area contributed by atoms with E-state index >= 15 is 0 Å². The Balaban J connectivity index is 1.26. The van der Waals surface area contributed by atoms with Crippen molar-refractivity contribution >= 4 is 11.6 Å². The molecule has 1 amide bonds. The molecule has 2 aromatic carbocycles. The summed E-state index contributed by atoms with van der Waals surface area (Å²) in [6.45, 7) is 6.69. The second-order valence-corrected chi connectivity index (χ2v) is 7.61. The summed E-state index contributed by atoms with van der Waals surface area (Å²) < 4.78 is 10.7. The normalized spacial score (nSPS) is 16.8. The Kier molecular flexibility index (Phi) is 5.90. The number of nitrogens with zero attached hydrogens (tertiary/aromatic N) is 3. The van der Waals surface area contributed by atoms with Crippen molar-refractivity contribution in [1.82, 2.24) is 9.80 Å². The minimum Gasteiger partial charge on any atom is -0.493 e. The summed E-state index contributed by atoms with van der Waals surface area (Å²) >= 11 is 0. The Morgan fingerprint density at radius 1 is 0.897 bits per heavy atom. The fourth-order valence-electron chi connectivity index (χ4n) is 4.23. The Morgan fingerprint density at radius 2 is 1.59 bits per heavy atom. The Labute approximate surface area is 172 Å². The van der Waals surface area contributed by atoms with Crippen molar-refractivity contribution in [3.8, 4) is 11.5 Å². The molecule has 2 aromatic rings. The van der Waals surface area contributed by atoms with Crippen LogP contribution in [0, 0.1) is 0 Å². The lowest BCUT2D eigenvalue weighted by Crippen LogP contribution is -2.47. The predicted molar refractivity (Wildman–Crippen MR) is 114 cm³/mol. The molecule has 6 nitrogen and oxygen atoms in total. The average molecular weight is 396 g/mol. The van der Waals surface area contributed by atoms with E-state index in [4.69, 9.17) is 9.47 Å². The van der Waals surface area contributed by atoms with Gasteiger partial charge < -0.3 is 19.3 Å². The first-order valence-electron chi connectivity index (χ1n) is 10.3. The van der Waals surface area contributed by atoms with E-state index in [9.17, 15) is 4.79 Å². The van der Waals surface area contributed by atoms with Gasteiger partial charge in [0.1, 0.15) is 0 Å². The molecule has 0 saturated carbocycles. The average Bonchev–Trinajstić information content (AvgIpc) is 3.08. The lowest BCUT2D eigenvalue weighted by molar-refractivity contribution is 0.0770. The number of hydrogen-bond donors (Lipinski definition) is 0. The lowest BCUT2D eigenvalue weighted by atomic mass is 10.1. The number of rotatable bonds is 7. The molecule has 154 valence electrons. The van der Waals surface area contributed by atoms with Gasteiger partial charge in [-0.05, 0) is 42.8 Å². The van der Waals surface area contributed by atoms with E-state index in [0.717, 1.165) is 56.8 Å². The summed E-state index contributed by atoms with van der Waals surface area (Å²) in [7, 11) is 3.22. The van der Waals surface area contributed by atoms with Crippen LogP contribution in [0.25, 0.3) is 0 Å². The fraction of sp³-hybridized carbons (Fsp3) is 0.435. The maximum Gasteiger partial charge on any atom is 0.254 e. The summed E-state index contributed by atoms with van der Waals surface area (Å²) in [6, 6.07) is 14.3. The van der Waals surface area contributed by atoms with Gasteiger partial charge in [0.2, 0.25) is 0 Å². The topological polar surface area (TPSA) is 45.3 Å². The van der Waals surface area contributed by atoms with Crippen molar-refractivity contribution in [2.45, 2.75) is 13.0 Å². The van der Waals surface area contributed by atoms with Crippen LogP contribution in [-0.4, -0.2) is 69.2 Å². The van der Waals surface area contributed by atoms with Crippen LogP contribution in [0.2, 0.25) is 0 Å². The quantitative estimate of drug-likeness (QED) is 0.721. The molecule has 2 aliphatic rings. The Hall–Kier alpha value is -2.73. The first kappa shape index (κ1) is 19.6. The van der Waals surface area contributed by atoms with Gasteiger partial charge in [-0.25, -0.2) is 0 Å². The smallest absolute Gasteiger partial charge is 0.254 e. The zero-order valence-electron chi connectivity index (χ0n) is 17.3. The van der Waals surface area contributed by atoms with Gasteiger partial charge in [-0.3, -0.25) is 9.69 Å². The van der Waals surface area contributed by atoms with Crippen molar-refractivity contribution in [2.24, 2.45) is 0 Å². The number of hydrogen-bond acceptors (Lipinski definition) is 5. The fourth-order valence-corrected chi connectivity index (χ4v) is 4.23. The SMILES string of the molecule is COc1cc2c(cc1OC)C(=O)N(CCCN1CCN(c3ccccc3)CC1)C2. The lowest BCUT2D eigenvalue weighted by Gasteiger charge is -2.36. The first-order valence-corrected chi connectivity index (χ1v) is 10.3. The monoisotopic (exact) mass is 395 g/mol. The number of carbonyl (C=O) groups is 1. The second-order valence-electron chi connectivity index (χ2n) is 7.61. The van der Waals surface area contributed by atoms with E-state index in [-0.39, 0.29) is 5.91 Å². The molecular formula is C23H29N3O3. The number of carbonyl (C=O) groups excluding carboxylic acids is 1. The van der Waals surface area contributed by atoms with E-state index in [0.29, 0.717) is 18.0 Å². The van der Waals surface area contributed by atoms with Crippen molar-refractivity contribution in [3.05, 3.63) is 53.6 Å². The number of para-hydroxylation sites is 1. The van der Waals surface area contributed by atoms with Gasteiger partial charge in [0.15, 0.2) is 11.5 Å². The molecule has 0 radical (unpaired) electrons. The summed E-state index contributed by atoms with van der Waals surface area (Å²) in [5, 5.41) is 0. The molecule has 2 heterocycles. The highest BCUT2D eigenvalue weighted by Crippen LogP contribution is 2.34. The second kappa shape index (κ2) is 8.74. The van der Waals surface area contributed by atoms with Crippen LogP contribution in [-0.2, 0) is 6.54 Å². The van der Waals surface area contributed by atoms with Crippen LogP contribution >= 0.6 is 0 Å². The molecule has 0 unspecified atom stereocenters. The molecule has 0 atom stereocenters. The maximum absolute atomic E-state index is 12.8. The summed E-state index contributed by atoms with van der Waals surface area (Å²) in [6.07, 6.45) is 0.985. The molecule has 0 spiro atoms. The van der Waals surface area contributed by atoms with Gasteiger partial charge in [0.25, 0.3) is 5.91 Å².